The molecule has 120 valence electrons. The zero-order valence-corrected chi connectivity index (χ0v) is 13.8. The van der Waals surface area contributed by atoms with E-state index in [0.29, 0.717) is 24.0 Å². The highest BCUT2D eigenvalue weighted by Crippen LogP contribution is 2.32. The van der Waals surface area contributed by atoms with Gasteiger partial charge in [0.05, 0.1) is 6.04 Å². The van der Waals surface area contributed by atoms with Crippen molar-refractivity contribution in [2.24, 2.45) is 5.92 Å². The van der Waals surface area contributed by atoms with Crippen molar-refractivity contribution in [3.05, 3.63) is 0 Å². The van der Waals surface area contributed by atoms with Crippen LogP contribution in [0.2, 0.25) is 0 Å². The van der Waals surface area contributed by atoms with E-state index in [2.05, 4.69) is 36.0 Å². The Bertz CT molecular complexity index is 374. The largest absolute Gasteiger partial charge is 0.338 e. The van der Waals surface area contributed by atoms with Crippen molar-refractivity contribution in [3.63, 3.8) is 0 Å². The van der Waals surface area contributed by atoms with Gasteiger partial charge in [0.25, 0.3) is 0 Å². The summed E-state index contributed by atoms with van der Waals surface area (Å²) in [7, 11) is 2.17. The van der Waals surface area contributed by atoms with Gasteiger partial charge in [0, 0.05) is 31.2 Å². The molecule has 1 aliphatic carbocycles. The lowest BCUT2D eigenvalue weighted by atomic mass is 9.77. The van der Waals surface area contributed by atoms with Crippen LogP contribution in [0, 0.1) is 5.92 Å². The van der Waals surface area contributed by atoms with Crippen molar-refractivity contribution in [3.8, 4) is 0 Å². The zero-order chi connectivity index (χ0) is 15.0. The third kappa shape index (κ3) is 3.11. The lowest BCUT2D eigenvalue weighted by Gasteiger charge is -2.45. The number of hydrogen-bond donors (Lipinski definition) is 1. The van der Waals surface area contributed by atoms with E-state index in [-0.39, 0.29) is 6.04 Å². The van der Waals surface area contributed by atoms with Gasteiger partial charge in [0.1, 0.15) is 0 Å². The van der Waals surface area contributed by atoms with Crippen molar-refractivity contribution in [2.45, 2.75) is 76.5 Å². The quantitative estimate of drug-likeness (QED) is 0.801. The summed E-state index contributed by atoms with van der Waals surface area (Å²) < 4.78 is 0. The average molecular weight is 293 g/mol. The minimum Gasteiger partial charge on any atom is -0.338 e. The van der Waals surface area contributed by atoms with E-state index < -0.39 is 0 Å². The van der Waals surface area contributed by atoms with Gasteiger partial charge in [-0.25, -0.2) is 0 Å². The maximum atomic E-state index is 12.9. The molecule has 0 bridgehead atoms. The summed E-state index contributed by atoms with van der Waals surface area (Å²) in [6, 6.07) is 1.60. The van der Waals surface area contributed by atoms with Gasteiger partial charge in [-0.1, -0.05) is 12.8 Å². The molecular formula is C17H31N3O. The lowest BCUT2D eigenvalue weighted by molar-refractivity contribution is -0.138. The fourth-order valence-electron chi connectivity index (χ4n) is 4.49. The smallest absolute Gasteiger partial charge is 0.239 e. The van der Waals surface area contributed by atoms with E-state index in [9.17, 15) is 4.79 Å². The number of rotatable bonds is 1. The molecule has 1 saturated carbocycles. The third-order valence-corrected chi connectivity index (χ3v) is 6.12. The van der Waals surface area contributed by atoms with E-state index in [1.807, 2.05) is 0 Å². The first-order valence-corrected chi connectivity index (χ1v) is 8.83. The molecule has 4 heteroatoms. The SMILES string of the molecule is CC1CN(C(=O)C2CCC3CCCCC3N2)CC(C)N1C. The highest BCUT2D eigenvalue weighted by Gasteiger charge is 2.38. The first-order valence-electron chi connectivity index (χ1n) is 8.83. The summed E-state index contributed by atoms with van der Waals surface area (Å²) in [4.78, 5) is 17.4. The normalized spacial score (nSPS) is 41.7. The maximum Gasteiger partial charge on any atom is 0.239 e. The topological polar surface area (TPSA) is 35.6 Å². The molecule has 5 atom stereocenters. The molecule has 3 rings (SSSR count). The molecular weight excluding hydrogens is 262 g/mol. The Morgan fingerprint density at radius 2 is 1.67 bits per heavy atom. The number of likely N-dealkylation sites (N-methyl/N-ethyl adjacent to an activating group) is 1. The molecule has 0 aromatic heterocycles. The standard InChI is InChI=1S/C17H31N3O/c1-12-10-20(11-13(2)19(12)3)17(21)16-9-8-14-6-4-5-7-15(14)18-16/h12-16,18H,4-11H2,1-3H3. The molecule has 0 spiro atoms. The Morgan fingerprint density at radius 3 is 2.38 bits per heavy atom. The Labute approximate surface area is 129 Å². The molecule has 1 amide bonds. The van der Waals surface area contributed by atoms with Crippen LogP contribution in [0.3, 0.4) is 0 Å². The highest BCUT2D eigenvalue weighted by molar-refractivity contribution is 5.82. The van der Waals surface area contributed by atoms with Gasteiger partial charge in [-0.3, -0.25) is 9.69 Å². The number of hydrogen-bond acceptors (Lipinski definition) is 3. The second-order valence-electron chi connectivity index (χ2n) is 7.55. The first-order chi connectivity index (χ1) is 10.1. The van der Waals surface area contributed by atoms with Crippen LogP contribution in [0.15, 0.2) is 0 Å². The monoisotopic (exact) mass is 293 g/mol. The molecule has 5 unspecified atom stereocenters. The van der Waals surface area contributed by atoms with E-state index >= 15 is 0 Å². The lowest BCUT2D eigenvalue weighted by Crippen LogP contribution is -2.61. The fraction of sp³-hybridized carbons (Fsp3) is 0.941. The van der Waals surface area contributed by atoms with E-state index in [1.165, 1.54) is 32.1 Å². The van der Waals surface area contributed by atoms with Gasteiger partial charge >= 0.3 is 0 Å². The molecule has 2 heterocycles. The number of amides is 1. The highest BCUT2D eigenvalue weighted by atomic mass is 16.2. The predicted octanol–water partition coefficient (Wildman–Crippen LogP) is 1.85. The Morgan fingerprint density at radius 1 is 1.00 bits per heavy atom. The van der Waals surface area contributed by atoms with E-state index in [0.717, 1.165) is 25.4 Å². The molecule has 3 fully saturated rings. The molecule has 0 aromatic carbocycles. The van der Waals surface area contributed by atoms with Gasteiger partial charge in [-0.2, -0.15) is 0 Å². The number of piperidine rings is 1. The van der Waals surface area contributed by atoms with Crippen LogP contribution in [0.25, 0.3) is 0 Å². The van der Waals surface area contributed by atoms with Crippen LogP contribution in [-0.2, 0) is 4.79 Å². The Balaban J connectivity index is 1.60. The summed E-state index contributed by atoms with van der Waals surface area (Å²) in [5, 5.41) is 3.69. The summed E-state index contributed by atoms with van der Waals surface area (Å²) >= 11 is 0. The van der Waals surface area contributed by atoms with Crippen LogP contribution in [0.5, 0.6) is 0 Å². The fourth-order valence-corrected chi connectivity index (χ4v) is 4.49. The molecule has 0 radical (unpaired) electrons. The molecule has 2 saturated heterocycles. The first kappa shape index (κ1) is 15.3. The molecule has 2 aliphatic heterocycles. The van der Waals surface area contributed by atoms with Crippen LogP contribution in [0.4, 0.5) is 0 Å². The second-order valence-corrected chi connectivity index (χ2v) is 7.55. The summed E-state index contributed by atoms with van der Waals surface area (Å²) in [5.74, 6) is 1.18. The second kappa shape index (κ2) is 6.25. The van der Waals surface area contributed by atoms with Crippen molar-refractivity contribution in [1.82, 2.24) is 15.1 Å². The maximum absolute atomic E-state index is 12.9. The van der Waals surface area contributed by atoms with Gasteiger partial charge in [-0.15, -0.1) is 0 Å². The van der Waals surface area contributed by atoms with Gasteiger partial charge in [0.2, 0.25) is 5.91 Å². The van der Waals surface area contributed by atoms with Crippen molar-refractivity contribution in [2.75, 3.05) is 20.1 Å². The van der Waals surface area contributed by atoms with Gasteiger partial charge in [-0.05, 0) is 52.5 Å². The number of nitrogens with one attached hydrogen (secondary N) is 1. The average Bonchev–Trinajstić information content (AvgIpc) is 2.51. The molecule has 0 aromatic rings. The van der Waals surface area contributed by atoms with Crippen LogP contribution < -0.4 is 5.32 Å². The molecule has 21 heavy (non-hydrogen) atoms. The molecule has 3 aliphatic rings. The molecule has 1 N–H and O–H groups in total. The summed E-state index contributed by atoms with van der Waals surface area (Å²) in [6.07, 6.45) is 7.62. The van der Waals surface area contributed by atoms with Crippen molar-refractivity contribution >= 4 is 5.91 Å². The van der Waals surface area contributed by atoms with Crippen LogP contribution in [-0.4, -0.2) is 60.0 Å². The third-order valence-electron chi connectivity index (χ3n) is 6.12. The van der Waals surface area contributed by atoms with E-state index in [4.69, 9.17) is 0 Å². The number of carbonyl (C=O) groups is 1. The summed E-state index contributed by atoms with van der Waals surface area (Å²) in [5.41, 5.74) is 0. The zero-order valence-electron chi connectivity index (χ0n) is 13.8. The number of piperazine rings is 1. The minimum absolute atomic E-state index is 0.0761. The van der Waals surface area contributed by atoms with Crippen LogP contribution >= 0.6 is 0 Å². The summed E-state index contributed by atoms with van der Waals surface area (Å²) in [6.45, 7) is 6.21. The van der Waals surface area contributed by atoms with Crippen molar-refractivity contribution < 1.29 is 4.79 Å². The number of fused-ring (bicyclic) bond motifs is 1. The number of carbonyl (C=O) groups excluding carboxylic acids is 1. The van der Waals surface area contributed by atoms with Gasteiger partial charge < -0.3 is 10.2 Å². The Hall–Kier alpha value is -0.610. The Kier molecular flexibility index (Phi) is 4.55. The van der Waals surface area contributed by atoms with Crippen molar-refractivity contribution in [1.29, 1.82) is 0 Å². The van der Waals surface area contributed by atoms with Gasteiger partial charge in [0.15, 0.2) is 0 Å². The van der Waals surface area contributed by atoms with E-state index in [1.54, 1.807) is 0 Å². The minimum atomic E-state index is 0.0761. The van der Waals surface area contributed by atoms with Crippen LogP contribution in [0.1, 0.15) is 52.4 Å². The molecule has 4 nitrogen and oxygen atoms in total. The number of nitrogens with zero attached hydrogens (tertiary/aromatic N) is 2. The predicted molar refractivity (Wildman–Crippen MR) is 85.2 cm³/mol.